The van der Waals surface area contributed by atoms with Gasteiger partial charge < -0.3 is 5.11 Å². The Hall–Kier alpha value is 0.110. The third-order valence-electron chi connectivity index (χ3n) is 3.98. The topological polar surface area (TPSA) is 37.3 Å². The molecular formula is C13H23ClO2S. The molecule has 4 atom stereocenters. The minimum atomic E-state index is -0.690. The van der Waals surface area contributed by atoms with Crippen LogP contribution in [0.4, 0.5) is 0 Å². The number of rotatable bonds is 5. The van der Waals surface area contributed by atoms with Crippen molar-refractivity contribution >= 4 is 29.3 Å². The molecule has 100 valence electrons. The van der Waals surface area contributed by atoms with E-state index in [0.717, 1.165) is 19.3 Å². The molecule has 1 aliphatic carbocycles. The van der Waals surface area contributed by atoms with Crippen molar-refractivity contribution in [2.45, 2.75) is 56.1 Å². The van der Waals surface area contributed by atoms with Crippen molar-refractivity contribution < 1.29 is 9.90 Å². The maximum absolute atomic E-state index is 10.6. The molecule has 0 aliphatic heterocycles. The highest BCUT2D eigenvalue weighted by molar-refractivity contribution is 8.00. The number of thioether (sulfide) groups is 1. The van der Waals surface area contributed by atoms with Crippen LogP contribution >= 0.6 is 23.4 Å². The molecule has 2 nitrogen and oxygen atoms in total. The fourth-order valence-corrected chi connectivity index (χ4v) is 4.00. The van der Waals surface area contributed by atoms with Gasteiger partial charge in [-0.2, -0.15) is 11.8 Å². The van der Waals surface area contributed by atoms with Gasteiger partial charge in [-0.05, 0) is 50.7 Å². The summed E-state index contributed by atoms with van der Waals surface area (Å²) in [7, 11) is 0. The lowest BCUT2D eigenvalue weighted by Crippen LogP contribution is -2.38. The van der Waals surface area contributed by atoms with Gasteiger partial charge in [-0.1, -0.05) is 6.92 Å². The van der Waals surface area contributed by atoms with Gasteiger partial charge in [0.1, 0.15) is 0 Å². The molecule has 0 saturated heterocycles. The molecule has 0 heterocycles. The lowest BCUT2D eigenvalue weighted by molar-refractivity contribution is -0.138. The van der Waals surface area contributed by atoms with Crippen LogP contribution in [0, 0.1) is 11.8 Å². The first kappa shape index (κ1) is 15.2. The third-order valence-corrected chi connectivity index (χ3v) is 6.19. The summed E-state index contributed by atoms with van der Waals surface area (Å²) < 4.78 is 0.202. The molecule has 1 aliphatic rings. The van der Waals surface area contributed by atoms with Gasteiger partial charge in [-0.15, -0.1) is 11.6 Å². The summed E-state index contributed by atoms with van der Waals surface area (Å²) in [4.78, 5) is 10.6. The zero-order valence-electron chi connectivity index (χ0n) is 10.9. The Bertz CT molecular complexity index is 272. The number of aliphatic carboxylic acids is 1. The highest BCUT2D eigenvalue weighted by Crippen LogP contribution is 2.45. The van der Waals surface area contributed by atoms with E-state index in [-0.39, 0.29) is 22.5 Å². The van der Waals surface area contributed by atoms with Crippen molar-refractivity contribution in [3.05, 3.63) is 0 Å². The molecule has 0 aromatic carbocycles. The lowest BCUT2D eigenvalue weighted by atomic mass is 9.77. The van der Waals surface area contributed by atoms with Gasteiger partial charge >= 0.3 is 5.97 Å². The van der Waals surface area contributed by atoms with Crippen molar-refractivity contribution in [1.29, 1.82) is 0 Å². The van der Waals surface area contributed by atoms with E-state index in [1.807, 2.05) is 18.7 Å². The minimum Gasteiger partial charge on any atom is -0.481 e. The van der Waals surface area contributed by atoms with Gasteiger partial charge in [-0.25, -0.2) is 0 Å². The molecule has 1 N–H and O–H groups in total. The summed E-state index contributed by atoms with van der Waals surface area (Å²) in [6.07, 6.45) is 6.77. The van der Waals surface area contributed by atoms with Crippen LogP contribution in [0.25, 0.3) is 0 Å². The molecule has 1 saturated carbocycles. The summed E-state index contributed by atoms with van der Waals surface area (Å²) in [6.45, 7) is 4.27. The van der Waals surface area contributed by atoms with E-state index < -0.39 is 5.97 Å². The van der Waals surface area contributed by atoms with Gasteiger partial charge in [0.25, 0.3) is 0 Å². The van der Waals surface area contributed by atoms with Crippen molar-refractivity contribution in [3.8, 4) is 0 Å². The van der Waals surface area contributed by atoms with E-state index in [9.17, 15) is 4.79 Å². The van der Waals surface area contributed by atoms with Crippen LogP contribution in [0.3, 0.4) is 0 Å². The second kappa shape index (κ2) is 6.33. The molecule has 0 spiro atoms. The number of alkyl halides is 1. The Morgan fingerprint density at radius 2 is 2.29 bits per heavy atom. The van der Waals surface area contributed by atoms with Crippen molar-refractivity contribution in [1.82, 2.24) is 0 Å². The maximum atomic E-state index is 10.6. The smallest absolute Gasteiger partial charge is 0.303 e. The SMILES string of the molecule is CSC1(C)CCC(CC(C)CC(=O)O)CC1Cl. The third kappa shape index (κ3) is 4.36. The number of hydrogen-bond acceptors (Lipinski definition) is 2. The van der Waals surface area contributed by atoms with E-state index in [1.165, 1.54) is 6.42 Å². The molecule has 0 aromatic rings. The van der Waals surface area contributed by atoms with Crippen LogP contribution in [-0.2, 0) is 4.79 Å². The van der Waals surface area contributed by atoms with E-state index in [0.29, 0.717) is 5.92 Å². The summed E-state index contributed by atoms with van der Waals surface area (Å²) in [5.74, 6) is 0.178. The quantitative estimate of drug-likeness (QED) is 0.772. The Kier molecular flexibility index (Phi) is 5.65. The summed E-state index contributed by atoms with van der Waals surface area (Å²) in [5, 5.41) is 8.97. The van der Waals surface area contributed by atoms with Crippen LogP contribution < -0.4 is 0 Å². The highest BCUT2D eigenvalue weighted by atomic mass is 35.5. The van der Waals surface area contributed by atoms with Crippen LogP contribution in [0.15, 0.2) is 0 Å². The lowest BCUT2D eigenvalue weighted by Gasteiger charge is -2.41. The highest BCUT2D eigenvalue weighted by Gasteiger charge is 2.38. The Morgan fingerprint density at radius 3 is 2.76 bits per heavy atom. The second-order valence-electron chi connectivity index (χ2n) is 5.56. The molecule has 1 rings (SSSR count). The Balaban J connectivity index is 2.42. The monoisotopic (exact) mass is 278 g/mol. The zero-order chi connectivity index (χ0) is 13.1. The zero-order valence-corrected chi connectivity index (χ0v) is 12.5. The van der Waals surface area contributed by atoms with Crippen LogP contribution in [-0.4, -0.2) is 27.5 Å². The van der Waals surface area contributed by atoms with Crippen LogP contribution in [0.1, 0.15) is 46.0 Å². The van der Waals surface area contributed by atoms with Gasteiger partial charge in [0.2, 0.25) is 0 Å². The van der Waals surface area contributed by atoms with Crippen molar-refractivity contribution in [3.63, 3.8) is 0 Å². The molecule has 4 heteroatoms. The van der Waals surface area contributed by atoms with Crippen LogP contribution in [0.5, 0.6) is 0 Å². The molecule has 1 fully saturated rings. The first-order valence-electron chi connectivity index (χ1n) is 6.28. The predicted octanol–water partition coefficient (Wildman–Crippen LogP) is 4.02. The standard InChI is InChI=1S/C13H23ClO2S/c1-9(7-12(15)16)6-10-4-5-13(2,17-3)11(14)8-10/h9-11H,4-8H2,1-3H3,(H,15,16). The van der Waals surface area contributed by atoms with Gasteiger partial charge in [0.15, 0.2) is 0 Å². The second-order valence-corrected chi connectivity index (χ2v) is 7.43. The molecule has 4 unspecified atom stereocenters. The summed E-state index contributed by atoms with van der Waals surface area (Å²) in [6, 6.07) is 0. The van der Waals surface area contributed by atoms with E-state index in [2.05, 4.69) is 13.2 Å². The normalized spacial score (nSPS) is 35.5. The van der Waals surface area contributed by atoms with Crippen molar-refractivity contribution in [2.75, 3.05) is 6.26 Å². The molecule has 0 amide bonds. The van der Waals surface area contributed by atoms with E-state index >= 15 is 0 Å². The fraction of sp³-hybridized carbons (Fsp3) is 0.923. The average Bonchev–Trinajstić information content (AvgIpc) is 2.22. The first-order chi connectivity index (χ1) is 7.87. The number of halogens is 1. The molecule has 0 bridgehead atoms. The molecule has 0 radical (unpaired) electrons. The van der Waals surface area contributed by atoms with Crippen molar-refractivity contribution in [2.24, 2.45) is 11.8 Å². The van der Waals surface area contributed by atoms with Gasteiger partial charge in [0, 0.05) is 16.5 Å². The minimum absolute atomic E-state index is 0.202. The predicted molar refractivity (Wildman–Crippen MR) is 74.9 cm³/mol. The Labute approximate surface area is 113 Å². The number of carboxylic acid groups (broad SMARTS) is 1. The van der Waals surface area contributed by atoms with E-state index in [4.69, 9.17) is 16.7 Å². The maximum Gasteiger partial charge on any atom is 0.303 e. The number of hydrogen-bond donors (Lipinski definition) is 1. The number of carbonyl (C=O) groups is 1. The summed E-state index contributed by atoms with van der Waals surface area (Å²) >= 11 is 8.33. The summed E-state index contributed by atoms with van der Waals surface area (Å²) in [5.41, 5.74) is 0. The number of carboxylic acids is 1. The fourth-order valence-electron chi connectivity index (χ4n) is 2.70. The largest absolute Gasteiger partial charge is 0.481 e. The van der Waals surface area contributed by atoms with Crippen LogP contribution in [0.2, 0.25) is 0 Å². The van der Waals surface area contributed by atoms with E-state index in [1.54, 1.807) is 0 Å². The Morgan fingerprint density at radius 1 is 1.65 bits per heavy atom. The first-order valence-corrected chi connectivity index (χ1v) is 7.94. The van der Waals surface area contributed by atoms with Gasteiger partial charge in [0.05, 0.1) is 0 Å². The molecular weight excluding hydrogens is 256 g/mol. The van der Waals surface area contributed by atoms with Gasteiger partial charge in [-0.3, -0.25) is 4.79 Å². The molecule has 0 aromatic heterocycles. The molecule has 17 heavy (non-hydrogen) atoms. The average molecular weight is 279 g/mol.